The van der Waals surface area contributed by atoms with Gasteiger partial charge in [0.25, 0.3) is 5.91 Å². The van der Waals surface area contributed by atoms with Crippen LogP contribution in [-0.2, 0) is 0 Å². The minimum absolute atomic E-state index is 0.105. The van der Waals surface area contributed by atoms with Crippen LogP contribution in [0.15, 0.2) is 30.3 Å². The molecule has 166 valence electrons. The number of β-amino-alcohol motifs (C(OH)–C–C–N with tert-alkyl or cyclic N) is 1. The Balaban J connectivity index is 1.31. The fraction of sp³-hybridized carbons (Fsp3) is 0.522. The van der Waals surface area contributed by atoms with Gasteiger partial charge in [-0.05, 0) is 38.1 Å². The molecule has 0 saturated carbocycles. The predicted octanol–water partition coefficient (Wildman–Crippen LogP) is 1.17. The van der Waals surface area contributed by atoms with Crippen molar-refractivity contribution in [2.75, 3.05) is 75.3 Å². The van der Waals surface area contributed by atoms with Crippen molar-refractivity contribution in [3.63, 3.8) is 0 Å². The number of rotatable bonds is 5. The number of carbonyl (C=O) groups is 1. The number of carbonyl (C=O) groups excluding carboxylic acids is 1. The third-order valence-corrected chi connectivity index (χ3v) is 6.11. The second-order valence-electron chi connectivity index (χ2n) is 8.46. The summed E-state index contributed by atoms with van der Waals surface area (Å²) in [4.78, 5) is 21.5. The standard InChI is InChI=1S/C23H32N6O2/c1-18-15-19(2)17-20(16-18)23(31)29-11-9-28(10-12-29)22-4-3-21(24-25-22)27-7-5-26(6-8-27)13-14-30/h3-4,15-17,30H,5-14H2,1-2H3. The number of amides is 1. The highest BCUT2D eigenvalue weighted by atomic mass is 16.3. The van der Waals surface area contributed by atoms with Crippen LogP contribution in [0.25, 0.3) is 0 Å². The molecule has 1 N–H and O–H groups in total. The fourth-order valence-corrected chi connectivity index (χ4v) is 4.42. The molecule has 1 aromatic carbocycles. The number of aliphatic hydroxyl groups is 1. The minimum atomic E-state index is 0.105. The van der Waals surface area contributed by atoms with Gasteiger partial charge in [0, 0.05) is 64.5 Å². The SMILES string of the molecule is Cc1cc(C)cc(C(=O)N2CCN(c3ccc(N4CCN(CCO)CC4)nn3)CC2)c1. The Morgan fingerprint density at radius 3 is 1.84 bits per heavy atom. The fourth-order valence-electron chi connectivity index (χ4n) is 4.42. The van der Waals surface area contributed by atoms with Crippen molar-refractivity contribution in [2.24, 2.45) is 0 Å². The number of aryl methyl sites for hydroxylation is 2. The van der Waals surface area contributed by atoms with Gasteiger partial charge in [0.15, 0.2) is 11.6 Å². The second kappa shape index (κ2) is 9.62. The summed E-state index contributed by atoms with van der Waals surface area (Å²) in [7, 11) is 0. The van der Waals surface area contributed by atoms with Crippen molar-refractivity contribution in [1.29, 1.82) is 0 Å². The van der Waals surface area contributed by atoms with Crippen molar-refractivity contribution >= 4 is 17.5 Å². The van der Waals surface area contributed by atoms with E-state index in [9.17, 15) is 4.79 Å². The monoisotopic (exact) mass is 424 g/mol. The van der Waals surface area contributed by atoms with Crippen LogP contribution in [0.4, 0.5) is 11.6 Å². The molecule has 2 aliphatic heterocycles. The molecule has 0 spiro atoms. The summed E-state index contributed by atoms with van der Waals surface area (Å²) < 4.78 is 0. The van der Waals surface area contributed by atoms with Crippen LogP contribution in [0.3, 0.4) is 0 Å². The van der Waals surface area contributed by atoms with Crippen LogP contribution >= 0.6 is 0 Å². The Kier molecular flexibility index (Phi) is 6.67. The van der Waals surface area contributed by atoms with E-state index < -0.39 is 0 Å². The first-order valence-corrected chi connectivity index (χ1v) is 11.1. The van der Waals surface area contributed by atoms with Crippen molar-refractivity contribution in [1.82, 2.24) is 20.0 Å². The minimum Gasteiger partial charge on any atom is -0.395 e. The van der Waals surface area contributed by atoms with Gasteiger partial charge in [0.2, 0.25) is 0 Å². The maximum absolute atomic E-state index is 12.9. The molecule has 1 aromatic heterocycles. The third-order valence-electron chi connectivity index (χ3n) is 6.11. The van der Waals surface area contributed by atoms with Gasteiger partial charge in [0.1, 0.15) is 0 Å². The van der Waals surface area contributed by atoms with Crippen LogP contribution in [-0.4, -0.2) is 96.5 Å². The maximum atomic E-state index is 12.9. The number of hydrogen-bond acceptors (Lipinski definition) is 7. The lowest BCUT2D eigenvalue weighted by atomic mass is 10.1. The van der Waals surface area contributed by atoms with E-state index in [0.29, 0.717) is 13.1 Å². The van der Waals surface area contributed by atoms with Gasteiger partial charge in [-0.2, -0.15) is 0 Å². The van der Waals surface area contributed by atoms with E-state index in [1.54, 1.807) is 0 Å². The Morgan fingerprint density at radius 1 is 0.839 bits per heavy atom. The summed E-state index contributed by atoms with van der Waals surface area (Å²) in [5, 5.41) is 18.0. The van der Waals surface area contributed by atoms with Crippen molar-refractivity contribution < 1.29 is 9.90 Å². The highest BCUT2D eigenvalue weighted by Gasteiger charge is 2.24. The molecule has 3 heterocycles. The third kappa shape index (κ3) is 5.14. The molecule has 31 heavy (non-hydrogen) atoms. The quantitative estimate of drug-likeness (QED) is 0.772. The van der Waals surface area contributed by atoms with Gasteiger partial charge < -0.3 is 19.8 Å². The van der Waals surface area contributed by atoms with Gasteiger partial charge >= 0.3 is 0 Å². The Hall–Kier alpha value is -2.71. The van der Waals surface area contributed by atoms with Gasteiger partial charge in [-0.25, -0.2) is 0 Å². The van der Waals surface area contributed by atoms with Crippen LogP contribution in [0.5, 0.6) is 0 Å². The van der Waals surface area contributed by atoms with Crippen molar-refractivity contribution in [3.8, 4) is 0 Å². The van der Waals surface area contributed by atoms with Gasteiger partial charge in [0.05, 0.1) is 6.61 Å². The predicted molar refractivity (Wildman–Crippen MR) is 122 cm³/mol. The number of hydrogen-bond donors (Lipinski definition) is 1. The van der Waals surface area contributed by atoms with E-state index in [1.807, 2.05) is 43.0 Å². The summed E-state index contributed by atoms with van der Waals surface area (Å²) in [6.45, 7) is 11.5. The Labute approximate surface area is 184 Å². The second-order valence-corrected chi connectivity index (χ2v) is 8.46. The summed E-state index contributed by atoms with van der Waals surface area (Å²) in [6.07, 6.45) is 0. The molecule has 2 aromatic rings. The molecule has 1 amide bonds. The highest BCUT2D eigenvalue weighted by Crippen LogP contribution is 2.19. The number of nitrogens with zero attached hydrogens (tertiary/aromatic N) is 6. The molecule has 2 fully saturated rings. The molecule has 8 nitrogen and oxygen atoms in total. The molecule has 0 aliphatic carbocycles. The molecule has 0 atom stereocenters. The summed E-state index contributed by atoms with van der Waals surface area (Å²) in [5.41, 5.74) is 3.01. The average Bonchev–Trinajstić information content (AvgIpc) is 2.79. The molecule has 8 heteroatoms. The Morgan fingerprint density at radius 2 is 1.35 bits per heavy atom. The highest BCUT2D eigenvalue weighted by molar-refractivity contribution is 5.94. The zero-order valence-electron chi connectivity index (χ0n) is 18.5. The lowest BCUT2D eigenvalue weighted by molar-refractivity contribution is 0.0746. The molecule has 0 radical (unpaired) electrons. The molecule has 0 bridgehead atoms. The van der Waals surface area contributed by atoms with E-state index in [4.69, 9.17) is 5.11 Å². The zero-order valence-corrected chi connectivity index (χ0v) is 18.5. The number of benzene rings is 1. The normalized spacial score (nSPS) is 17.8. The van der Waals surface area contributed by atoms with E-state index in [-0.39, 0.29) is 12.5 Å². The summed E-state index contributed by atoms with van der Waals surface area (Å²) in [5.74, 6) is 1.87. The summed E-state index contributed by atoms with van der Waals surface area (Å²) >= 11 is 0. The van der Waals surface area contributed by atoms with Crippen LogP contribution in [0.2, 0.25) is 0 Å². The molecule has 2 aliphatic rings. The van der Waals surface area contributed by atoms with Crippen LogP contribution in [0.1, 0.15) is 21.5 Å². The first kappa shape index (κ1) is 21.5. The van der Waals surface area contributed by atoms with Crippen molar-refractivity contribution in [3.05, 3.63) is 47.0 Å². The lowest BCUT2D eigenvalue weighted by Gasteiger charge is -2.36. The van der Waals surface area contributed by atoms with Crippen LogP contribution < -0.4 is 9.80 Å². The number of anilines is 2. The zero-order chi connectivity index (χ0) is 21.8. The smallest absolute Gasteiger partial charge is 0.253 e. The van der Waals surface area contributed by atoms with E-state index in [2.05, 4.69) is 31.0 Å². The first-order valence-electron chi connectivity index (χ1n) is 11.1. The first-order chi connectivity index (χ1) is 15.0. The Bertz CT molecular complexity index is 867. The molecule has 4 rings (SSSR count). The number of aliphatic hydroxyl groups excluding tert-OH is 1. The molecular formula is C23H32N6O2. The van der Waals surface area contributed by atoms with Gasteiger partial charge in [-0.15, -0.1) is 10.2 Å². The van der Waals surface area contributed by atoms with E-state index in [0.717, 1.165) is 74.1 Å². The maximum Gasteiger partial charge on any atom is 0.253 e. The molecule has 2 saturated heterocycles. The number of aromatic nitrogens is 2. The largest absolute Gasteiger partial charge is 0.395 e. The molecular weight excluding hydrogens is 392 g/mol. The van der Waals surface area contributed by atoms with E-state index in [1.165, 1.54) is 0 Å². The number of piperazine rings is 2. The lowest BCUT2D eigenvalue weighted by Crippen LogP contribution is -2.49. The summed E-state index contributed by atoms with van der Waals surface area (Å²) in [6, 6.07) is 10.1. The van der Waals surface area contributed by atoms with Crippen molar-refractivity contribution in [2.45, 2.75) is 13.8 Å². The topological polar surface area (TPSA) is 76.0 Å². The molecule has 0 unspecified atom stereocenters. The van der Waals surface area contributed by atoms with Gasteiger partial charge in [-0.1, -0.05) is 17.2 Å². The average molecular weight is 425 g/mol. The van der Waals surface area contributed by atoms with E-state index >= 15 is 0 Å². The van der Waals surface area contributed by atoms with Crippen LogP contribution in [0, 0.1) is 13.8 Å². The van der Waals surface area contributed by atoms with Gasteiger partial charge in [-0.3, -0.25) is 9.69 Å².